The number of nitrogens with one attached hydrogen (secondary N) is 2. The summed E-state index contributed by atoms with van der Waals surface area (Å²) in [6.45, 7) is 0.827. The molecule has 0 saturated heterocycles. The lowest BCUT2D eigenvalue weighted by molar-refractivity contribution is 0.409. The minimum atomic E-state index is 0.801. The number of benzene rings is 1. The Kier molecular flexibility index (Phi) is 5.19. The van der Waals surface area contributed by atoms with Crippen molar-refractivity contribution in [2.45, 2.75) is 6.42 Å². The molecule has 88 valence electrons. The molecule has 0 bridgehead atoms. The van der Waals surface area contributed by atoms with Crippen LogP contribution in [0.2, 0.25) is 0 Å². The molecule has 1 rings (SSSR count). The largest absolute Gasteiger partial charge is 0.496 e. The van der Waals surface area contributed by atoms with Gasteiger partial charge in [-0.05, 0) is 18.1 Å². The summed E-state index contributed by atoms with van der Waals surface area (Å²) in [5.74, 6) is 1.73. The van der Waals surface area contributed by atoms with Gasteiger partial charge in [-0.15, -0.1) is 0 Å². The van der Waals surface area contributed by atoms with Crippen molar-refractivity contribution in [2.75, 3.05) is 27.7 Å². The Balaban J connectivity index is 2.48. The van der Waals surface area contributed by atoms with Crippen molar-refractivity contribution in [3.63, 3.8) is 0 Å². The van der Waals surface area contributed by atoms with Gasteiger partial charge in [0.15, 0.2) is 5.96 Å². The van der Waals surface area contributed by atoms with E-state index < -0.39 is 0 Å². The lowest BCUT2D eigenvalue weighted by Gasteiger charge is -2.10. The molecule has 0 spiro atoms. The molecule has 1 aromatic carbocycles. The number of para-hydroxylation sites is 1. The number of ether oxygens (including phenoxy) is 1. The molecule has 0 fully saturated rings. The second-order valence-corrected chi connectivity index (χ2v) is 3.31. The highest BCUT2D eigenvalue weighted by Crippen LogP contribution is 2.16. The molecule has 0 radical (unpaired) electrons. The summed E-state index contributed by atoms with van der Waals surface area (Å²) in [5, 5.41) is 6.18. The van der Waals surface area contributed by atoms with E-state index in [4.69, 9.17) is 4.74 Å². The highest BCUT2D eigenvalue weighted by Gasteiger charge is 2.01. The van der Waals surface area contributed by atoms with E-state index in [2.05, 4.69) is 21.7 Å². The van der Waals surface area contributed by atoms with Crippen molar-refractivity contribution >= 4 is 5.96 Å². The Morgan fingerprint density at radius 3 is 2.75 bits per heavy atom. The maximum Gasteiger partial charge on any atom is 0.190 e. The van der Waals surface area contributed by atoms with Crippen molar-refractivity contribution in [1.29, 1.82) is 0 Å². The topological polar surface area (TPSA) is 45.7 Å². The highest BCUT2D eigenvalue weighted by molar-refractivity contribution is 5.79. The fourth-order valence-electron chi connectivity index (χ4n) is 1.50. The van der Waals surface area contributed by atoms with Crippen molar-refractivity contribution < 1.29 is 4.74 Å². The van der Waals surface area contributed by atoms with Gasteiger partial charge in [-0.1, -0.05) is 18.2 Å². The number of hydrogen-bond acceptors (Lipinski definition) is 2. The van der Waals surface area contributed by atoms with E-state index in [1.165, 1.54) is 5.56 Å². The molecule has 0 amide bonds. The quantitative estimate of drug-likeness (QED) is 0.589. The molecule has 2 N–H and O–H groups in total. The zero-order chi connectivity index (χ0) is 11.8. The second-order valence-electron chi connectivity index (χ2n) is 3.31. The van der Waals surface area contributed by atoms with Gasteiger partial charge in [-0.25, -0.2) is 0 Å². The number of hydrogen-bond donors (Lipinski definition) is 2. The SMILES string of the molecule is CN=C(NC)NCCc1ccccc1OC. The molecule has 0 heterocycles. The van der Waals surface area contributed by atoms with Crippen LogP contribution in [0.4, 0.5) is 0 Å². The first kappa shape index (κ1) is 12.4. The predicted octanol–water partition coefficient (Wildman–Crippen LogP) is 1.03. The zero-order valence-electron chi connectivity index (χ0n) is 10.1. The van der Waals surface area contributed by atoms with Crippen LogP contribution in [0.25, 0.3) is 0 Å². The van der Waals surface area contributed by atoms with Crippen LogP contribution in [0, 0.1) is 0 Å². The number of rotatable bonds is 4. The first-order valence-electron chi connectivity index (χ1n) is 5.32. The van der Waals surface area contributed by atoms with E-state index in [1.54, 1.807) is 14.2 Å². The van der Waals surface area contributed by atoms with E-state index in [0.29, 0.717) is 0 Å². The van der Waals surface area contributed by atoms with Crippen LogP contribution in [0.15, 0.2) is 29.3 Å². The van der Waals surface area contributed by atoms with E-state index >= 15 is 0 Å². The molecular formula is C12H19N3O. The maximum atomic E-state index is 5.28. The molecule has 16 heavy (non-hydrogen) atoms. The third-order valence-electron chi connectivity index (χ3n) is 2.34. The average Bonchev–Trinajstić information content (AvgIpc) is 2.35. The number of aliphatic imine (C=N–C) groups is 1. The van der Waals surface area contributed by atoms with Gasteiger partial charge in [0.1, 0.15) is 5.75 Å². The Bertz CT molecular complexity index is 350. The number of nitrogens with zero attached hydrogens (tertiary/aromatic N) is 1. The summed E-state index contributed by atoms with van der Waals surface area (Å²) in [4.78, 5) is 4.04. The molecule has 0 unspecified atom stereocenters. The summed E-state index contributed by atoms with van der Waals surface area (Å²) in [7, 11) is 5.29. The van der Waals surface area contributed by atoms with Crippen LogP contribution >= 0.6 is 0 Å². The molecule has 1 aromatic rings. The van der Waals surface area contributed by atoms with Gasteiger partial charge < -0.3 is 15.4 Å². The molecule has 0 aliphatic heterocycles. The fourth-order valence-corrected chi connectivity index (χ4v) is 1.50. The Morgan fingerprint density at radius 1 is 1.38 bits per heavy atom. The van der Waals surface area contributed by atoms with E-state index in [0.717, 1.165) is 24.7 Å². The molecule has 0 atom stereocenters. The Morgan fingerprint density at radius 2 is 2.12 bits per heavy atom. The molecule has 4 heteroatoms. The van der Waals surface area contributed by atoms with E-state index in [-0.39, 0.29) is 0 Å². The highest BCUT2D eigenvalue weighted by atomic mass is 16.5. The summed E-state index contributed by atoms with van der Waals surface area (Å²) < 4.78 is 5.28. The van der Waals surface area contributed by atoms with Crippen molar-refractivity contribution in [3.05, 3.63) is 29.8 Å². The third kappa shape index (κ3) is 3.46. The molecule has 0 aliphatic rings. The first-order chi connectivity index (χ1) is 7.81. The molecule has 0 aromatic heterocycles. The summed E-state index contributed by atoms with van der Waals surface area (Å²) in [5.41, 5.74) is 1.20. The van der Waals surface area contributed by atoms with Gasteiger partial charge >= 0.3 is 0 Å². The Hall–Kier alpha value is -1.71. The molecule has 0 aliphatic carbocycles. The van der Waals surface area contributed by atoms with Gasteiger partial charge in [-0.3, -0.25) is 4.99 Å². The molecular weight excluding hydrogens is 202 g/mol. The van der Waals surface area contributed by atoms with Gasteiger partial charge in [0.2, 0.25) is 0 Å². The minimum absolute atomic E-state index is 0.801. The van der Waals surface area contributed by atoms with Crippen molar-refractivity contribution in [2.24, 2.45) is 4.99 Å². The summed E-state index contributed by atoms with van der Waals surface area (Å²) in [6.07, 6.45) is 0.907. The van der Waals surface area contributed by atoms with E-state index in [1.807, 2.05) is 25.2 Å². The third-order valence-corrected chi connectivity index (χ3v) is 2.34. The van der Waals surface area contributed by atoms with Gasteiger partial charge in [-0.2, -0.15) is 0 Å². The van der Waals surface area contributed by atoms with Gasteiger partial charge in [0, 0.05) is 20.6 Å². The molecule has 0 saturated carbocycles. The zero-order valence-corrected chi connectivity index (χ0v) is 10.1. The summed E-state index contributed by atoms with van der Waals surface area (Å²) in [6, 6.07) is 8.04. The van der Waals surface area contributed by atoms with Crippen LogP contribution < -0.4 is 15.4 Å². The van der Waals surface area contributed by atoms with Crippen LogP contribution in [-0.2, 0) is 6.42 Å². The maximum absolute atomic E-state index is 5.28. The van der Waals surface area contributed by atoms with Crippen molar-refractivity contribution in [3.8, 4) is 5.75 Å². The Labute approximate surface area is 96.7 Å². The minimum Gasteiger partial charge on any atom is -0.496 e. The van der Waals surface area contributed by atoms with Crippen LogP contribution in [0.3, 0.4) is 0 Å². The molecule has 4 nitrogen and oxygen atoms in total. The van der Waals surface area contributed by atoms with Crippen LogP contribution in [0.1, 0.15) is 5.56 Å². The normalized spacial score (nSPS) is 11.1. The van der Waals surface area contributed by atoms with Gasteiger partial charge in [0.05, 0.1) is 7.11 Å². The van der Waals surface area contributed by atoms with Gasteiger partial charge in [0.25, 0.3) is 0 Å². The lowest BCUT2D eigenvalue weighted by Crippen LogP contribution is -2.35. The predicted molar refractivity (Wildman–Crippen MR) is 67.1 cm³/mol. The first-order valence-corrected chi connectivity index (χ1v) is 5.32. The number of guanidine groups is 1. The van der Waals surface area contributed by atoms with Crippen LogP contribution in [0.5, 0.6) is 5.75 Å². The van der Waals surface area contributed by atoms with Crippen molar-refractivity contribution in [1.82, 2.24) is 10.6 Å². The van der Waals surface area contributed by atoms with Crippen LogP contribution in [-0.4, -0.2) is 33.7 Å². The standard InChI is InChI=1S/C12H19N3O/c1-13-12(14-2)15-9-8-10-6-4-5-7-11(10)16-3/h4-7H,8-9H2,1-3H3,(H2,13,14,15). The van der Waals surface area contributed by atoms with E-state index in [9.17, 15) is 0 Å². The second kappa shape index (κ2) is 6.71. The summed E-state index contributed by atoms with van der Waals surface area (Å²) >= 11 is 0. The monoisotopic (exact) mass is 221 g/mol. The average molecular weight is 221 g/mol. The number of methoxy groups -OCH3 is 1. The fraction of sp³-hybridized carbons (Fsp3) is 0.417. The smallest absolute Gasteiger partial charge is 0.190 e. The lowest BCUT2D eigenvalue weighted by atomic mass is 10.1.